The van der Waals surface area contributed by atoms with Crippen molar-refractivity contribution in [2.45, 2.75) is 162 Å². The minimum Gasteiger partial charge on any atom is -0.741 e. The molecule has 4 heterocycles. The number of fused-ring (bicyclic) bond motifs is 1. The van der Waals surface area contributed by atoms with Gasteiger partial charge in [0, 0.05) is 25.0 Å². The number of nitrogens with zero attached hydrogens (tertiary/aromatic N) is 5. The van der Waals surface area contributed by atoms with Crippen LogP contribution in [0.15, 0.2) is 41.1 Å². The summed E-state index contributed by atoms with van der Waals surface area (Å²) in [6.07, 6.45) is 2.97. The first-order valence-electron chi connectivity index (χ1n) is 23.3. The number of likely N-dealkylation sites (tertiary alicyclic amines) is 1. The number of hydrogen-bond donors (Lipinski definition) is 3. The highest BCUT2D eigenvalue weighted by molar-refractivity contribution is 7.86. The Morgan fingerprint density at radius 3 is 2.03 bits per heavy atom. The van der Waals surface area contributed by atoms with Gasteiger partial charge >= 0.3 is 35.7 Å². The van der Waals surface area contributed by atoms with Crippen LogP contribution < -0.4 is 20.1 Å². The Hall–Kier alpha value is -6.22. The number of aliphatic carboxylic acids is 1. The van der Waals surface area contributed by atoms with Crippen molar-refractivity contribution in [2.75, 3.05) is 25.0 Å². The summed E-state index contributed by atoms with van der Waals surface area (Å²) in [4.78, 5) is 75.5. The van der Waals surface area contributed by atoms with E-state index >= 15 is 0 Å². The fourth-order valence-corrected chi connectivity index (χ4v) is 7.58. The van der Waals surface area contributed by atoms with E-state index in [0.29, 0.717) is 51.3 Å². The number of benzene rings is 1. The second kappa shape index (κ2) is 23.1. The lowest BCUT2D eigenvalue weighted by Crippen LogP contribution is -2.58. The molecule has 27 heteroatoms. The van der Waals surface area contributed by atoms with E-state index in [1.54, 1.807) is 46.4 Å². The molecule has 3 aromatic rings. The zero-order chi connectivity index (χ0) is 56.0. The van der Waals surface area contributed by atoms with E-state index in [-0.39, 0.29) is 29.3 Å². The van der Waals surface area contributed by atoms with Gasteiger partial charge in [0.15, 0.2) is 27.9 Å². The minimum atomic E-state index is -6.09. The average molecular weight is 1090 g/mol. The highest BCUT2D eigenvalue weighted by atomic mass is 32.2. The lowest BCUT2D eigenvalue weighted by atomic mass is 9.89. The molecule has 2 aliphatic rings. The van der Waals surface area contributed by atoms with Gasteiger partial charge in [0.2, 0.25) is 11.9 Å². The number of carbonyl (C=O) groups is 5. The number of aryl methyl sites for hydroxylation is 2. The summed E-state index contributed by atoms with van der Waals surface area (Å²) in [5.74, 6) is -1.59. The molecule has 0 bridgehead atoms. The van der Waals surface area contributed by atoms with Gasteiger partial charge in [0.1, 0.15) is 33.8 Å². The van der Waals surface area contributed by atoms with Crippen molar-refractivity contribution in [3.63, 3.8) is 0 Å². The first kappa shape index (κ1) is 60.3. The Kier molecular flexibility index (Phi) is 18.9. The minimum absolute atomic E-state index is 0.0682. The number of carbonyl (C=O) groups excluding carboxylic acids is 4. The number of alkyl halides is 3. The van der Waals surface area contributed by atoms with Crippen molar-refractivity contribution in [1.29, 1.82) is 0 Å². The standard InChI is InChI=1S/C46H65N7O12S.CHF3O3S/c1-42(2,3)61-37(56)46(13,65-50-35(36(54)55)32-27-66-38(48-32)49-40(58)63-44(7,8)9)34-18-16-30-21-29(15-17-33(30)60-34)31-25-52(20-14-19-47-39(57)62-43(4,5)6)53(26-31)24-28-22-51(23-28)41(59)64-45(10,11)12;2-1(3,4)8(5,6)7/h15,17,21,25-28,34H,14,16,18-20,22-24H2,1-13H3,(H2-,47,48,49,54,55,57,58);(H,5,6,7)/b50-35-;/t34-,46?;/m1./s1. The van der Waals surface area contributed by atoms with Crippen molar-refractivity contribution in [3.8, 4) is 16.9 Å². The summed E-state index contributed by atoms with van der Waals surface area (Å²) in [6.45, 7) is 25.4. The van der Waals surface area contributed by atoms with E-state index < -0.39 is 79.6 Å². The lowest BCUT2D eigenvalue weighted by Gasteiger charge is -2.38. The summed E-state index contributed by atoms with van der Waals surface area (Å²) in [5.41, 5.74) is -8.44. The van der Waals surface area contributed by atoms with Gasteiger partial charge in [-0.15, -0.1) is 16.0 Å². The van der Waals surface area contributed by atoms with Crippen molar-refractivity contribution in [1.82, 2.24) is 19.9 Å². The van der Waals surface area contributed by atoms with E-state index in [0.717, 1.165) is 28.0 Å². The molecule has 0 saturated carbocycles. The van der Waals surface area contributed by atoms with E-state index in [2.05, 4.69) is 42.5 Å². The summed E-state index contributed by atoms with van der Waals surface area (Å²) in [7, 11) is -6.09. The summed E-state index contributed by atoms with van der Waals surface area (Å²) < 4.78 is 91.6. The topological polar surface area (TPSA) is 280 Å². The van der Waals surface area contributed by atoms with E-state index in [9.17, 15) is 42.3 Å². The number of rotatable bonds is 14. The third kappa shape index (κ3) is 18.3. The molecule has 1 saturated heterocycles. The molecule has 0 aliphatic carbocycles. The monoisotopic (exact) mass is 1090 g/mol. The number of aromatic nitrogens is 3. The van der Waals surface area contributed by atoms with Gasteiger partial charge in [-0.2, -0.15) is 17.9 Å². The van der Waals surface area contributed by atoms with Crippen LogP contribution in [0.2, 0.25) is 0 Å². The number of nitrogens with one attached hydrogen (secondary N) is 2. The Bertz CT molecular complexity index is 2660. The quantitative estimate of drug-likeness (QED) is 0.0207. The third-order valence-corrected chi connectivity index (χ3v) is 11.4. The van der Waals surface area contributed by atoms with Crippen LogP contribution in [0.5, 0.6) is 5.75 Å². The summed E-state index contributed by atoms with van der Waals surface area (Å²) in [5, 5.41) is 20.9. The number of carboxylic acid groups (broad SMARTS) is 1. The Labute approximate surface area is 431 Å². The predicted molar refractivity (Wildman–Crippen MR) is 260 cm³/mol. The fourth-order valence-electron chi connectivity index (χ4n) is 6.90. The number of carboxylic acids is 1. The van der Waals surface area contributed by atoms with E-state index in [4.69, 9.17) is 41.5 Å². The highest BCUT2D eigenvalue weighted by Crippen LogP contribution is 2.37. The number of hydrogen-bond acceptors (Lipinski definition) is 17. The molecular weight excluding hydrogens is 1020 g/mol. The Balaban J connectivity index is 0.00000136. The number of thiazole rings is 1. The molecule has 2 atom stereocenters. The van der Waals surface area contributed by atoms with Gasteiger partial charge < -0.3 is 48.4 Å². The summed E-state index contributed by atoms with van der Waals surface area (Å²) >= 11 is 0.957. The van der Waals surface area contributed by atoms with Crippen LogP contribution in [0, 0.1) is 5.92 Å². The molecule has 1 fully saturated rings. The van der Waals surface area contributed by atoms with Gasteiger partial charge in [-0.25, -0.2) is 37.4 Å². The van der Waals surface area contributed by atoms with Crippen LogP contribution >= 0.6 is 11.3 Å². The van der Waals surface area contributed by atoms with Gasteiger partial charge in [0.05, 0.1) is 24.2 Å². The molecule has 22 nitrogen and oxygen atoms in total. The zero-order valence-electron chi connectivity index (χ0n) is 43.6. The second-order valence-electron chi connectivity index (χ2n) is 21.5. The fraction of sp³-hybridized carbons (Fsp3) is 0.617. The molecule has 3 N–H and O–H groups in total. The lowest BCUT2D eigenvalue weighted by molar-refractivity contribution is -0.781. The maximum absolute atomic E-state index is 13.9. The van der Waals surface area contributed by atoms with Crippen LogP contribution in [0.25, 0.3) is 11.1 Å². The number of ether oxygens (including phenoxy) is 5. The maximum Gasteiger partial charge on any atom is 0.485 e. The maximum atomic E-state index is 13.9. The molecule has 1 unspecified atom stereocenters. The molecule has 5 rings (SSSR count). The summed E-state index contributed by atoms with van der Waals surface area (Å²) in [6, 6.07) is 5.77. The normalized spacial score (nSPS) is 16.4. The Morgan fingerprint density at radius 2 is 1.47 bits per heavy atom. The van der Waals surface area contributed by atoms with Crippen LogP contribution in [-0.4, -0.2) is 128 Å². The first-order chi connectivity index (χ1) is 33.7. The van der Waals surface area contributed by atoms with E-state index in [1.807, 2.05) is 59.7 Å². The number of oxime groups is 1. The van der Waals surface area contributed by atoms with Crippen LogP contribution in [-0.2, 0) is 63.0 Å². The molecule has 1 aromatic carbocycles. The van der Waals surface area contributed by atoms with Gasteiger partial charge in [0.25, 0.3) is 5.60 Å². The third-order valence-electron chi connectivity index (χ3n) is 10.1. The zero-order valence-corrected chi connectivity index (χ0v) is 45.3. The molecule has 74 heavy (non-hydrogen) atoms. The second-order valence-corrected chi connectivity index (χ2v) is 23.7. The van der Waals surface area contributed by atoms with E-state index in [1.165, 1.54) is 12.3 Å². The molecular formula is C47H66F3N7O15S2. The number of anilines is 1. The molecule has 0 spiro atoms. The SMILES string of the molecule is CC(C)(C)OC(=O)NCCCn1cc(-c2ccc3c(c2)CC[C@H](C(C)(O/N=C(\C(=O)O)c2csc(NC(=O)OC(C)(C)C)n2)C(=O)OC(C)(C)C)O3)c[n+]1CC1CN(C(=O)OC(C)(C)C)C1.O=S(=O)([O-])C(F)(F)F. The van der Waals surface area contributed by atoms with Crippen molar-refractivity contribution >= 4 is 62.5 Å². The van der Waals surface area contributed by atoms with Crippen molar-refractivity contribution in [3.05, 3.63) is 47.2 Å². The first-order valence-corrected chi connectivity index (χ1v) is 25.6. The number of alkyl carbamates (subject to hydrolysis) is 1. The Morgan fingerprint density at radius 1 is 0.892 bits per heavy atom. The highest BCUT2D eigenvalue weighted by Gasteiger charge is 2.51. The van der Waals surface area contributed by atoms with Crippen LogP contribution in [0.4, 0.5) is 32.7 Å². The van der Waals surface area contributed by atoms with Crippen LogP contribution in [0.3, 0.4) is 0 Å². The largest absolute Gasteiger partial charge is 0.741 e. The average Bonchev–Trinajstić information content (AvgIpc) is 3.83. The number of esters is 1. The molecule has 3 amide bonds. The number of amides is 3. The molecule has 2 aliphatic heterocycles. The molecule has 412 valence electrons. The predicted octanol–water partition coefficient (Wildman–Crippen LogP) is 7.38. The number of halogens is 3. The molecule has 2 aromatic heterocycles. The van der Waals surface area contributed by atoms with Crippen LogP contribution in [0.1, 0.15) is 114 Å². The van der Waals surface area contributed by atoms with Gasteiger partial charge in [-0.05, 0) is 133 Å². The van der Waals surface area contributed by atoms with Crippen molar-refractivity contribution in [2.24, 2.45) is 11.1 Å². The molecule has 0 radical (unpaired) electrons. The van der Waals surface area contributed by atoms with Gasteiger partial charge in [-0.1, -0.05) is 11.2 Å². The smallest absolute Gasteiger partial charge is 0.485 e. The van der Waals surface area contributed by atoms with Gasteiger partial charge in [-0.3, -0.25) is 5.32 Å². The van der Waals surface area contributed by atoms with Crippen molar-refractivity contribution < 1.29 is 88.4 Å².